The molecule has 1 N–H and O–H groups in total. The van der Waals surface area contributed by atoms with E-state index < -0.39 is 4.92 Å². The van der Waals surface area contributed by atoms with Gasteiger partial charge in [0, 0.05) is 49.6 Å². The number of anilines is 1. The van der Waals surface area contributed by atoms with E-state index >= 15 is 0 Å². The van der Waals surface area contributed by atoms with E-state index in [0.29, 0.717) is 5.56 Å². The molecule has 6 nitrogen and oxygen atoms in total. The van der Waals surface area contributed by atoms with Crippen molar-refractivity contribution in [2.24, 2.45) is 0 Å². The third-order valence-corrected chi connectivity index (χ3v) is 3.70. The van der Waals surface area contributed by atoms with Crippen LogP contribution < -0.4 is 4.90 Å². The smallest absolute Gasteiger partial charge is 0.269 e. The molecule has 0 saturated carbocycles. The molecule has 0 atom stereocenters. The summed E-state index contributed by atoms with van der Waals surface area (Å²) >= 11 is 0. The van der Waals surface area contributed by atoms with Gasteiger partial charge in [0.1, 0.15) is 0 Å². The molecule has 1 aliphatic rings. The normalized spacial score (nSPS) is 16.4. The molecular weight excluding hydrogens is 258 g/mol. The maximum atomic E-state index is 10.8. The molecule has 6 heteroatoms. The first-order chi connectivity index (χ1) is 9.65. The number of nitrogens with zero attached hydrogens (tertiary/aromatic N) is 3. The van der Waals surface area contributed by atoms with Crippen molar-refractivity contribution in [3.63, 3.8) is 0 Å². The molecule has 0 amide bonds. The number of aliphatic hydroxyl groups is 1. The lowest BCUT2D eigenvalue weighted by atomic mass is 10.1. The standard InChI is InChI=1S/C14H21N3O3/c1-2-5-15-6-8-16(9-7-15)14-4-3-13(17(19)20)10-12(14)11-18/h3-4,10,18H,2,5-9,11H2,1H3. The first-order valence-electron chi connectivity index (χ1n) is 7.01. The monoisotopic (exact) mass is 279 g/mol. The Balaban J connectivity index is 2.11. The van der Waals surface area contributed by atoms with E-state index in [1.54, 1.807) is 6.07 Å². The SMILES string of the molecule is CCCN1CCN(c2ccc([N+](=O)[O-])cc2CO)CC1. The fourth-order valence-electron chi connectivity index (χ4n) is 2.65. The van der Waals surface area contributed by atoms with E-state index in [1.165, 1.54) is 12.1 Å². The molecule has 20 heavy (non-hydrogen) atoms. The van der Waals surface area contributed by atoms with E-state index in [2.05, 4.69) is 16.7 Å². The second kappa shape index (κ2) is 6.67. The Morgan fingerprint density at radius 3 is 2.55 bits per heavy atom. The van der Waals surface area contributed by atoms with Gasteiger partial charge in [-0.3, -0.25) is 15.0 Å². The highest BCUT2D eigenvalue weighted by molar-refractivity contribution is 5.58. The summed E-state index contributed by atoms with van der Waals surface area (Å²) in [6, 6.07) is 4.72. The molecule has 0 radical (unpaired) electrons. The van der Waals surface area contributed by atoms with Crippen molar-refractivity contribution in [3.8, 4) is 0 Å². The minimum Gasteiger partial charge on any atom is -0.392 e. The summed E-state index contributed by atoms with van der Waals surface area (Å²) in [5.41, 5.74) is 1.57. The lowest BCUT2D eigenvalue weighted by Crippen LogP contribution is -2.46. The summed E-state index contributed by atoms with van der Waals surface area (Å²) < 4.78 is 0. The van der Waals surface area contributed by atoms with E-state index in [9.17, 15) is 15.2 Å². The minimum atomic E-state index is -0.428. The van der Waals surface area contributed by atoms with Crippen molar-refractivity contribution in [3.05, 3.63) is 33.9 Å². The zero-order valence-electron chi connectivity index (χ0n) is 11.8. The van der Waals surface area contributed by atoms with Crippen LogP contribution in [-0.2, 0) is 6.61 Å². The largest absolute Gasteiger partial charge is 0.392 e. The van der Waals surface area contributed by atoms with Gasteiger partial charge >= 0.3 is 0 Å². The molecule has 0 aliphatic carbocycles. The van der Waals surface area contributed by atoms with Gasteiger partial charge in [0.25, 0.3) is 5.69 Å². The van der Waals surface area contributed by atoms with Gasteiger partial charge in [-0.15, -0.1) is 0 Å². The Morgan fingerprint density at radius 1 is 1.30 bits per heavy atom. The Labute approximate surface area is 118 Å². The summed E-state index contributed by atoms with van der Waals surface area (Å²) in [4.78, 5) is 15.0. The van der Waals surface area contributed by atoms with Crippen molar-refractivity contribution < 1.29 is 10.0 Å². The second-order valence-corrected chi connectivity index (χ2v) is 5.06. The number of benzene rings is 1. The Bertz CT molecular complexity index is 471. The molecule has 0 aromatic heterocycles. The number of rotatable bonds is 5. The van der Waals surface area contributed by atoms with Gasteiger partial charge in [0.05, 0.1) is 11.5 Å². The Morgan fingerprint density at radius 2 is 2.00 bits per heavy atom. The molecule has 1 aromatic rings. The number of non-ortho nitro benzene ring substituents is 1. The highest BCUT2D eigenvalue weighted by Crippen LogP contribution is 2.26. The highest BCUT2D eigenvalue weighted by Gasteiger charge is 2.20. The second-order valence-electron chi connectivity index (χ2n) is 5.06. The van der Waals surface area contributed by atoms with E-state index in [0.717, 1.165) is 44.8 Å². The summed E-state index contributed by atoms with van der Waals surface area (Å²) in [5, 5.41) is 20.2. The van der Waals surface area contributed by atoms with Crippen molar-refractivity contribution in [2.75, 3.05) is 37.6 Å². The van der Waals surface area contributed by atoms with Gasteiger partial charge in [-0.05, 0) is 19.0 Å². The van der Waals surface area contributed by atoms with Gasteiger partial charge in [0.2, 0.25) is 0 Å². The number of aliphatic hydroxyl groups excluding tert-OH is 1. The maximum absolute atomic E-state index is 10.8. The summed E-state index contributed by atoms with van der Waals surface area (Å²) in [6.45, 7) is 6.89. The number of hydrogen-bond donors (Lipinski definition) is 1. The fourth-order valence-corrected chi connectivity index (χ4v) is 2.65. The molecule has 0 unspecified atom stereocenters. The first-order valence-corrected chi connectivity index (χ1v) is 7.01. The van der Waals surface area contributed by atoms with Gasteiger partial charge in [0.15, 0.2) is 0 Å². The van der Waals surface area contributed by atoms with Crippen LogP contribution in [0.2, 0.25) is 0 Å². The average molecular weight is 279 g/mol. The topological polar surface area (TPSA) is 69.9 Å². The third kappa shape index (κ3) is 3.26. The Kier molecular flexibility index (Phi) is 4.92. The molecule has 0 bridgehead atoms. The van der Waals surface area contributed by atoms with Gasteiger partial charge in [-0.1, -0.05) is 6.92 Å². The third-order valence-electron chi connectivity index (χ3n) is 3.70. The van der Waals surface area contributed by atoms with Crippen LogP contribution in [0.15, 0.2) is 18.2 Å². The predicted octanol–water partition coefficient (Wildman–Crippen LogP) is 1.62. The average Bonchev–Trinajstić information content (AvgIpc) is 2.47. The number of nitro benzene ring substituents is 1. The van der Waals surface area contributed by atoms with Gasteiger partial charge in [-0.25, -0.2) is 0 Å². The van der Waals surface area contributed by atoms with E-state index in [1.807, 2.05) is 0 Å². The predicted molar refractivity (Wildman–Crippen MR) is 78.0 cm³/mol. The summed E-state index contributed by atoms with van der Waals surface area (Å²) in [5.74, 6) is 0. The molecule has 0 spiro atoms. The van der Waals surface area contributed by atoms with E-state index in [4.69, 9.17) is 0 Å². The molecule has 1 heterocycles. The first kappa shape index (κ1) is 14.7. The number of piperazine rings is 1. The lowest BCUT2D eigenvalue weighted by Gasteiger charge is -2.36. The lowest BCUT2D eigenvalue weighted by molar-refractivity contribution is -0.384. The van der Waals surface area contributed by atoms with Gasteiger partial charge < -0.3 is 10.0 Å². The van der Waals surface area contributed by atoms with Crippen LogP contribution >= 0.6 is 0 Å². The Hall–Kier alpha value is -1.66. The van der Waals surface area contributed by atoms with Crippen molar-refractivity contribution in [2.45, 2.75) is 20.0 Å². The van der Waals surface area contributed by atoms with Crippen LogP contribution in [0.3, 0.4) is 0 Å². The zero-order valence-corrected chi connectivity index (χ0v) is 11.8. The molecule has 1 aromatic carbocycles. The number of nitro groups is 1. The van der Waals surface area contributed by atoms with Crippen molar-refractivity contribution in [1.82, 2.24) is 4.90 Å². The zero-order chi connectivity index (χ0) is 14.5. The molecule has 110 valence electrons. The van der Waals surface area contributed by atoms with Crippen LogP contribution in [0.25, 0.3) is 0 Å². The highest BCUT2D eigenvalue weighted by atomic mass is 16.6. The molecule has 2 rings (SSSR count). The van der Waals surface area contributed by atoms with Gasteiger partial charge in [-0.2, -0.15) is 0 Å². The molecule has 1 aliphatic heterocycles. The molecule has 1 fully saturated rings. The van der Waals surface area contributed by atoms with Crippen molar-refractivity contribution >= 4 is 11.4 Å². The van der Waals surface area contributed by atoms with Crippen LogP contribution in [0.5, 0.6) is 0 Å². The fraction of sp³-hybridized carbons (Fsp3) is 0.571. The summed E-state index contributed by atoms with van der Waals surface area (Å²) in [7, 11) is 0. The maximum Gasteiger partial charge on any atom is 0.269 e. The van der Waals surface area contributed by atoms with E-state index in [-0.39, 0.29) is 12.3 Å². The molecular formula is C14H21N3O3. The van der Waals surface area contributed by atoms with Crippen LogP contribution in [0.4, 0.5) is 11.4 Å². The minimum absolute atomic E-state index is 0.0300. The number of hydrogen-bond acceptors (Lipinski definition) is 5. The van der Waals surface area contributed by atoms with Crippen LogP contribution in [-0.4, -0.2) is 47.7 Å². The van der Waals surface area contributed by atoms with Crippen molar-refractivity contribution in [1.29, 1.82) is 0 Å². The summed E-state index contributed by atoms with van der Waals surface area (Å²) in [6.07, 6.45) is 1.15. The van der Waals surface area contributed by atoms with Crippen LogP contribution in [0, 0.1) is 10.1 Å². The quantitative estimate of drug-likeness (QED) is 0.655. The molecule has 1 saturated heterocycles. The van der Waals surface area contributed by atoms with Crippen LogP contribution in [0.1, 0.15) is 18.9 Å².